The van der Waals surface area contributed by atoms with Crippen molar-refractivity contribution in [1.82, 2.24) is 9.55 Å². The molecular weight excluding hydrogens is 374 g/mol. The van der Waals surface area contributed by atoms with Crippen LogP contribution in [0.2, 0.25) is 0 Å². The molecule has 0 spiro atoms. The summed E-state index contributed by atoms with van der Waals surface area (Å²) in [4.78, 5) is 17.7. The largest absolute Gasteiger partial charge is 0.334 e. The van der Waals surface area contributed by atoms with Gasteiger partial charge in [-0.15, -0.1) is 11.3 Å². The summed E-state index contributed by atoms with van der Waals surface area (Å²) in [5.74, 6) is 0. The van der Waals surface area contributed by atoms with Crippen molar-refractivity contribution in [3.8, 4) is 0 Å². The minimum absolute atomic E-state index is 0.0238. The van der Waals surface area contributed by atoms with Crippen LogP contribution in [0.1, 0.15) is 12.0 Å². The zero-order valence-electron chi connectivity index (χ0n) is 15.2. The number of hydrogen-bond donors (Lipinski definition) is 2. The fourth-order valence-corrected chi connectivity index (χ4v) is 4.87. The lowest BCUT2D eigenvalue weighted by atomic mass is 10.2. The molecule has 4 nitrogen and oxygen atoms in total. The molecule has 2 heterocycles. The maximum absolute atomic E-state index is 13.0. The first-order valence-electron chi connectivity index (χ1n) is 9.13. The summed E-state index contributed by atoms with van der Waals surface area (Å²) in [5, 5.41) is 1.07. The van der Waals surface area contributed by atoms with Crippen molar-refractivity contribution in [2.45, 2.75) is 19.5 Å². The van der Waals surface area contributed by atoms with Crippen molar-refractivity contribution < 1.29 is 4.90 Å². The van der Waals surface area contributed by atoms with E-state index in [-0.39, 0.29) is 5.56 Å². The summed E-state index contributed by atoms with van der Waals surface area (Å²) in [6, 6.07) is 18.5. The van der Waals surface area contributed by atoms with Gasteiger partial charge in [-0.3, -0.25) is 9.36 Å². The van der Waals surface area contributed by atoms with Crippen molar-refractivity contribution in [1.29, 1.82) is 0 Å². The van der Waals surface area contributed by atoms with Gasteiger partial charge in [0.05, 0.1) is 19.1 Å². The first kappa shape index (κ1) is 18.1. The fourth-order valence-electron chi connectivity index (χ4n) is 3.48. The third kappa shape index (κ3) is 3.74. The molecule has 2 aromatic heterocycles. The van der Waals surface area contributed by atoms with Gasteiger partial charge in [0.15, 0.2) is 4.77 Å². The Morgan fingerprint density at radius 3 is 2.67 bits per heavy atom. The Labute approximate surface area is 166 Å². The van der Waals surface area contributed by atoms with Crippen LogP contribution in [0, 0.1) is 4.77 Å². The van der Waals surface area contributed by atoms with Crippen LogP contribution in [-0.2, 0) is 13.1 Å². The number of hydrogen-bond acceptors (Lipinski definition) is 3. The monoisotopic (exact) mass is 396 g/mol. The quantitative estimate of drug-likeness (QED) is 0.491. The van der Waals surface area contributed by atoms with Crippen molar-refractivity contribution in [2.75, 3.05) is 13.6 Å². The van der Waals surface area contributed by atoms with E-state index < -0.39 is 0 Å². The number of aromatic nitrogens is 2. The highest BCUT2D eigenvalue weighted by atomic mass is 32.1. The highest BCUT2D eigenvalue weighted by Gasteiger charge is 2.12. The van der Waals surface area contributed by atoms with E-state index in [0.717, 1.165) is 39.8 Å². The Morgan fingerprint density at radius 1 is 1.11 bits per heavy atom. The number of thiophene rings is 1. The van der Waals surface area contributed by atoms with Gasteiger partial charge in [0.25, 0.3) is 5.56 Å². The molecule has 2 aromatic carbocycles. The molecule has 0 aliphatic heterocycles. The van der Waals surface area contributed by atoms with Gasteiger partial charge in [-0.05, 0) is 18.3 Å². The molecule has 0 radical (unpaired) electrons. The molecule has 4 rings (SSSR count). The van der Waals surface area contributed by atoms with Crippen LogP contribution < -0.4 is 10.5 Å². The van der Waals surface area contributed by atoms with E-state index in [0.29, 0.717) is 11.3 Å². The summed E-state index contributed by atoms with van der Waals surface area (Å²) in [7, 11) is 2.19. The Hall–Kier alpha value is -2.28. The first-order valence-corrected chi connectivity index (χ1v) is 10.4. The van der Waals surface area contributed by atoms with Crippen molar-refractivity contribution in [2.24, 2.45) is 0 Å². The molecule has 1 atom stereocenters. The Balaban J connectivity index is 1.51. The van der Waals surface area contributed by atoms with Gasteiger partial charge in [0, 0.05) is 28.6 Å². The van der Waals surface area contributed by atoms with Crippen LogP contribution in [0.25, 0.3) is 20.3 Å². The van der Waals surface area contributed by atoms with E-state index in [1.807, 2.05) is 30.3 Å². The standard InChI is InChI=1S/C21H21N3OS2/c1-23(14-15-8-3-2-4-9-15)12-7-13-24-20(25)19-18(22-21(24)26)16-10-5-6-11-17(16)27-19/h2-6,8-11H,7,12-14H2,1H3,(H,22,26)/p+1. The molecule has 0 saturated heterocycles. The highest BCUT2D eigenvalue weighted by Crippen LogP contribution is 2.29. The van der Waals surface area contributed by atoms with E-state index in [2.05, 4.69) is 36.3 Å². The number of quaternary nitrogens is 1. The Morgan fingerprint density at radius 2 is 1.85 bits per heavy atom. The second-order valence-corrected chi connectivity index (χ2v) is 8.35. The molecule has 0 amide bonds. The molecule has 0 saturated carbocycles. The zero-order chi connectivity index (χ0) is 18.8. The van der Waals surface area contributed by atoms with Crippen LogP contribution in [-0.4, -0.2) is 23.1 Å². The Kier molecular flexibility index (Phi) is 5.20. The molecule has 0 bridgehead atoms. The van der Waals surface area contributed by atoms with E-state index >= 15 is 0 Å². The van der Waals surface area contributed by atoms with Gasteiger partial charge in [0.1, 0.15) is 11.2 Å². The minimum atomic E-state index is 0.0238. The van der Waals surface area contributed by atoms with Crippen LogP contribution in [0.4, 0.5) is 0 Å². The fraction of sp³-hybridized carbons (Fsp3) is 0.238. The van der Waals surface area contributed by atoms with E-state index in [4.69, 9.17) is 12.2 Å². The zero-order valence-corrected chi connectivity index (χ0v) is 16.8. The molecule has 0 aliphatic carbocycles. The molecule has 0 aliphatic rings. The Bertz CT molecular complexity index is 1190. The topological polar surface area (TPSA) is 42.2 Å². The molecule has 4 aromatic rings. The van der Waals surface area contributed by atoms with E-state index in [9.17, 15) is 4.79 Å². The average molecular weight is 397 g/mol. The number of aromatic amines is 1. The van der Waals surface area contributed by atoms with Crippen LogP contribution in [0.3, 0.4) is 0 Å². The molecule has 138 valence electrons. The molecule has 6 heteroatoms. The van der Waals surface area contributed by atoms with Gasteiger partial charge in [-0.25, -0.2) is 0 Å². The van der Waals surface area contributed by atoms with E-state index in [1.54, 1.807) is 4.57 Å². The smallest absolute Gasteiger partial charge is 0.272 e. The third-order valence-corrected chi connectivity index (χ3v) is 6.33. The van der Waals surface area contributed by atoms with E-state index in [1.165, 1.54) is 21.8 Å². The molecule has 27 heavy (non-hydrogen) atoms. The minimum Gasteiger partial charge on any atom is -0.334 e. The summed E-state index contributed by atoms with van der Waals surface area (Å²) in [5.41, 5.74) is 2.22. The average Bonchev–Trinajstić information content (AvgIpc) is 3.04. The summed E-state index contributed by atoms with van der Waals surface area (Å²) in [6.07, 6.45) is 0.909. The van der Waals surface area contributed by atoms with Gasteiger partial charge in [0.2, 0.25) is 0 Å². The normalized spacial score (nSPS) is 12.6. The van der Waals surface area contributed by atoms with Gasteiger partial charge in [-0.2, -0.15) is 0 Å². The lowest BCUT2D eigenvalue weighted by Gasteiger charge is -2.14. The second-order valence-electron chi connectivity index (χ2n) is 6.91. The van der Waals surface area contributed by atoms with Crippen LogP contribution in [0.15, 0.2) is 59.4 Å². The number of nitrogens with zero attached hydrogens (tertiary/aromatic N) is 1. The molecule has 0 fully saturated rings. The number of benzene rings is 2. The second kappa shape index (κ2) is 7.76. The SMILES string of the molecule is C[NH+](CCCn1c(=S)[nH]c2c(sc3ccccc32)c1=O)Cc1ccccc1. The van der Waals surface area contributed by atoms with Crippen LogP contribution in [0.5, 0.6) is 0 Å². The predicted molar refractivity (Wildman–Crippen MR) is 115 cm³/mol. The number of rotatable bonds is 6. The molecule has 2 N–H and O–H groups in total. The number of H-pyrrole nitrogens is 1. The van der Waals surface area contributed by atoms with Crippen LogP contribution >= 0.6 is 23.6 Å². The van der Waals surface area contributed by atoms with Gasteiger partial charge < -0.3 is 9.88 Å². The lowest BCUT2D eigenvalue weighted by Crippen LogP contribution is -3.07. The van der Waals surface area contributed by atoms with Gasteiger partial charge >= 0.3 is 0 Å². The van der Waals surface area contributed by atoms with Crippen molar-refractivity contribution >= 4 is 43.9 Å². The van der Waals surface area contributed by atoms with Crippen molar-refractivity contribution in [3.63, 3.8) is 0 Å². The summed E-state index contributed by atoms with van der Waals surface area (Å²) >= 11 is 7.02. The highest BCUT2D eigenvalue weighted by molar-refractivity contribution is 7.71. The maximum Gasteiger partial charge on any atom is 0.272 e. The molecule has 1 unspecified atom stereocenters. The van der Waals surface area contributed by atoms with Crippen molar-refractivity contribution in [3.05, 3.63) is 75.3 Å². The summed E-state index contributed by atoms with van der Waals surface area (Å²) < 4.78 is 4.09. The number of fused-ring (bicyclic) bond motifs is 3. The first-order chi connectivity index (χ1) is 13.1. The third-order valence-electron chi connectivity index (χ3n) is 4.85. The summed E-state index contributed by atoms with van der Waals surface area (Å²) in [6.45, 7) is 2.61. The number of nitrogens with one attached hydrogen (secondary N) is 2. The van der Waals surface area contributed by atoms with Gasteiger partial charge in [-0.1, -0.05) is 48.5 Å². The lowest BCUT2D eigenvalue weighted by molar-refractivity contribution is -0.894. The molecular formula is C21H22N3OS2+. The maximum atomic E-state index is 13.0. The predicted octanol–water partition coefficient (Wildman–Crippen LogP) is 3.38.